The van der Waals surface area contributed by atoms with Gasteiger partial charge in [0.2, 0.25) is 0 Å². The number of rotatable bonds is 2. The first-order chi connectivity index (χ1) is 7.08. The number of aryl methyl sites for hydroxylation is 2. The second kappa shape index (κ2) is 3.79. The third-order valence-corrected chi connectivity index (χ3v) is 4.28. The van der Waals surface area contributed by atoms with Crippen LogP contribution in [0.5, 0.6) is 0 Å². The van der Waals surface area contributed by atoms with E-state index in [9.17, 15) is 4.79 Å². The van der Waals surface area contributed by atoms with Gasteiger partial charge in [0.1, 0.15) is 0 Å². The Bertz CT molecular complexity index is 508. The van der Waals surface area contributed by atoms with Crippen molar-refractivity contribution in [3.05, 3.63) is 33.5 Å². The van der Waals surface area contributed by atoms with Crippen LogP contribution < -0.4 is 0 Å². The van der Waals surface area contributed by atoms with Crippen molar-refractivity contribution in [3.8, 4) is 9.75 Å². The molecule has 0 saturated carbocycles. The molecule has 0 unspecified atom stereocenters. The fraction of sp³-hybridized carbons (Fsp3) is 0.182. The molecular weight excluding hydrogens is 228 g/mol. The van der Waals surface area contributed by atoms with Crippen LogP contribution in [0.2, 0.25) is 0 Å². The third kappa shape index (κ3) is 1.96. The van der Waals surface area contributed by atoms with E-state index in [1.54, 1.807) is 17.4 Å². The third-order valence-electron chi connectivity index (χ3n) is 2.05. The van der Waals surface area contributed by atoms with E-state index in [-0.39, 0.29) is 0 Å². The highest BCUT2D eigenvalue weighted by molar-refractivity contribution is 7.22. The normalized spacial score (nSPS) is 10.5. The molecule has 0 aliphatic heterocycles. The predicted molar refractivity (Wildman–Crippen MR) is 64.1 cm³/mol. The molecule has 4 heteroatoms. The first-order valence-electron chi connectivity index (χ1n) is 4.48. The molecule has 2 aromatic heterocycles. The van der Waals surface area contributed by atoms with Gasteiger partial charge in [0.15, 0.2) is 0 Å². The highest BCUT2D eigenvalue weighted by Crippen LogP contribution is 2.36. The maximum Gasteiger partial charge on any atom is 0.337 e. The molecule has 1 N–H and O–H groups in total. The molecule has 0 atom stereocenters. The average molecular weight is 238 g/mol. The van der Waals surface area contributed by atoms with Crippen molar-refractivity contribution in [2.24, 2.45) is 0 Å². The first-order valence-corrected chi connectivity index (χ1v) is 6.12. The lowest BCUT2D eigenvalue weighted by molar-refractivity contribution is 0.0698. The number of carbonyl (C=O) groups is 1. The smallest absolute Gasteiger partial charge is 0.337 e. The average Bonchev–Trinajstić information content (AvgIpc) is 2.71. The molecule has 0 aliphatic rings. The maximum absolute atomic E-state index is 11.0. The summed E-state index contributed by atoms with van der Waals surface area (Å²) in [6.07, 6.45) is 0. The first kappa shape index (κ1) is 10.4. The summed E-state index contributed by atoms with van der Waals surface area (Å²) in [6.45, 7) is 3.95. The van der Waals surface area contributed by atoms with Gasteiger partial charge < -0.3 is 5.11 Å². The molecule has 0 radical (unpaired) electrons. The monoisotopic (exact) mass is 238 g/mol. The van der Waals surface area contributed by atoms with Crippen LogP contribution in [0.25, 0.3) is 9.75 Å². The molecule has 78 valence electrons. The molecule has 0 aliphatic carbocycles. The van der Waals surface area contributed by atoms with Crippen LogP contribution in [-0.2, 0) is 0 Å². The molecule has 0 saturated heterocycles. The highest BCUT2D eigenvalue weighted by atomic mass is 32.1. The minimum Gasteiger partial charge on any atom is -0.478 e. The predicted octanol–water partition coefficient (Wildman–Crippen LogP) is 3.79. The van der Waals surface area contributed by atoms with E-state index >= 15 is 0 Å². The molecule has 2 rings (SSSR count). The number of hydrogen-bond donors (Lipinski definition) is 1. The van der Waals surface area contributed by atoms with Gasteiger partial charge in [-0.2, -0.15) is 0 Å². The van der Waals surface area contributed by atoms with Crippen molar-refractivity contribution >= 4 is 28.6 Å². The lowest BCUT2D eigenvalue weighted by atomic mass is 10.2. The van der Waals surface area contributed by atoms with Gasteiger partial charge in [0.05, 0.1) is 10.4 Å². The molecule has 15 heavy (non-hydrogen) atoms. The number of carboxylic acids is 1. The van der Waals surface area contributed by atoms with Crippen LogP contribution >= 0.6 is 22.7 Å². The summed E-state index contributed by atoms with van der Waals surface area (Å²) in [7, 11) is 0. The Morgan fingerprint density at radius 3 is 2.47 bits per heavy atom. The van der Waals surface area contributed by atoms with Crippen LogP contribution in [0.3, 0.4) is 0 Å². The van der Waals surface area contributed by atoms with E-state index in [1.807, 2.05) is 26.0 Å². The van der Waals surface area contributed by atoms with E-state index in [4.69, 9.17) is 5.11 Å². The summed E-state index contributed by atoms with van der Waals surface area (Å²) in [5.41, 5.74) is 0.416. The molecule has 2 heterocycles. The summed E-state index contributed by atoms with van der Waals surface area (Å²) in [5, 5.41) is 9.06. The van der Waals surface area contributed by atoms with E-state index in [2.05, 4.69) is 0 Å². The lowest BCUT2D eigenvalue weighted by Gasteiger charge is -1.94. The molecule has 0 amide bonds. The van der Waals surface area contributed by atoms with Crippen LogP contribution in [0.15, 0.2) is 18.2 Å². The van der Waals surface area contributed by atoms with Gasteiger partial charge in [0, 0.05) is 14.6 Å². The Kier molecular flexibility index (Phi) is 2.63. The van der Waals surface area contributed by atoms with Crippen molar-refractivity contribution in [3.63, 3.8) is 0 Å². The summed E-state index contributed by atoms with van der Waals surface area (Å²) < 4.78 is 0. The van der Waals surface area contributed by atoms with Crippen molar-refractivity contribution in [1.29, 1.82) is 0 Å². The van der Waals surface area contributed by atoms with Gasteiger partial charge in [-0.25, -0.2) is 4.79 Å². The Morgan fingerprint density at radius 1 is 1.20 bits per heavy atom. The Labute approximate surface area is 95.8 Å². The fourth-order valence-electron chi connectivity index (χ4n) is 1.41. The van der Waals surface area contributed by atoms with Crippen LogP contribution in [0.4, 0.5) is 0 Å². The second-order valence-corrected chi connectivity index (χ2v) is 5.86. The molecule has 2 nitrogen and oxygen atoms in total. The Hall–Kier alpha value is -1.13. The van der Waals surface area contributed by atoms with E-state index in [0.717, 1.165) is 14.6 Å². The minimum atomic E-state index is -0.847. The van der Waals surface area contributed by atoms with Crippen molar-refractivity contribution in [1.82, 2.24) is 0 Å². The van der Waals surface area contributed by atoms with Gasteiger partial charge in [-0.3, -0.25) is 0 Å². The van der Waals surface area contributed by atoms with Crippen molar-refractivity contribution < 1.29 is 9.90 Å². The van der Waals surface area contributed by atoms with Crippen molar-refractivity contribution in [2.45, 2.75) is 13.8 Å². The molecule has 0 bridgehead atoms. The van der Waals surface area contributed by atoms with E-state index in [1.165, 1.54) is 16.2 Å². The topological polar surface area (TPSA) is 37.3 Å². The zero-order valence-corrected chi connectivity index (χ0v) is 10.0. The summed E-state index contributed by atoms with van der Waals surface area (Å²) >= 11 is 3.17. The zero-order chi connectivity index (χ0) is 11.0. The van der Waals surface area contributed by atoms with Gasteiger partial charge in [0.25, 0.3) is 0 Å². The van der Waals surface area contributed by atoms with Gasteiger partial charge >= 0.3 is 5.97 Å². The van der Waals surface area contributed by atoms with Gasteiger partial charge in [-0.05, 0) is 32.0 Å². The van der Waals surface area contributed by atoms with Crippen molar-refractivity contribution in [2.75, 3.05) is 0 Å². The quantitative estimate of drug-likeness (QED) is 0.864. The number of carboxylic acid groups (broad SMARTS) is 1. The standard InChI is InChI=1S/C11H10O2S2/c1-6-3-4-9(14-6)10-8(11(12)13)5-7(2)15-10/h3-5H,1-2H3,(H,12,13). The number of aromatic carboxylic acids is 1. The molecule has 0 spiro atoms. The molecule has 0 fully saturated rings. The van der Waals surface area contributed by atoms with Crippen LogP contribution in [-0.4, -0.2) is 11.1 Å². The van der Waals surface area contributed by atoms with Gasteiger partial charge in [-0.15, -0.1) is 22.7 Å². The Morgan fingerprint density at radius 2 is 1.93 bits per heavy atom. The van der Waals surface area contributed by atoms with Gasteiger partial charge in [-0.1, -0.05) is 0 Å². The highest BCUT2D eigenvalue weighted by Gasteiger charge is 2.16. The second-order valence-electron chi connectivity index (χ2n) is 3.32. The number of thiophene rings is 2. The fourth-order valence-corrected chi connectivity index (χ4v) is 3.41. The Balaban J connectivity index is 2.56. The largest absolute Gasteiger partial charge is 0.478 e. The lowest BCUT2D eigenvalue weighted by Crippen LogP contribution is -1.94. The molecule has 2 aromatic rings. The number of hydrogen-bond acceptors (Lipinski definition) is 3. The SMILES string of the molecule is Cc1ccc(-c2sc(C)cc2C(=O)O)s1. The maximum atomic E-state index is 11.0. The zero-order valence-electron chi connectivity index (χ0n) is 8.40. The summed E-state index contributed by atoms with van der Waals surface area (Å²) in [4.78, 5) is 15.2. The van der Waals surface area contributed by atoms with Crippen LogP contribution in [0, 0.1) is 13.8 Å². The molecule has 0 aromatic carbocycles. The minimum absolute atomic E-state index is 0.416. The summed E-state index contributed by atoms with van der Waals surface area (Å²) in [5.74, 6) is -0.847. The summed E-state index contributed by atoms with van der Waals surface area (Å²) in [6, 6.07) is 5.73. The van der Waals surface area contributed by atoms with Crippen LogP contribution in [0.1, 0.15) is 20.1 Å². The molecular formula is C11H10O2S2. The van der Waals surface area contributed by atoms with E-state index < -0.39 is 5.97 Å². The van der Waals surface area contributed by atoms with E-state index in [0.29, 0.717) is 5.56 Å².